The highest BCUT2D eigenvalue weighted by Crippen LogP contribution is 2.20. The van der Waals surface area contributed by atoms with Crippen molar-refractivity contribution >= 4 is 0 Å². The van der Waals surface area contributed by atoms with Gasteiger partial charge in [-0.3, -0.25) is 0 Å². The van der Waals surface area contributed by atoms with Crippen molar-refractivity contribution in [2.45, 2.75) is 33.1 Å². The summed E-state index contributed by atoms with van der Waals surface area (Å²) in [6.45, 7) is 4.38. The third-order valence-corrected chi connectivity index (χ3v) is 4.42. The second-order valence-electron chi connectivity index (χ2n) is 6.32. The third-order valence-electron chi connectivity index (χ3n) is 4.42. The van der Waals surface area contributed by atoms with Crippen molar-refractivity contribution in [1.29, 1.82) is 0 Å². The smallest absolute Gasteiger partial charge is 0.0249 e. The van der Waals surface area contributed by atoms with Gasteiger partial charge in [0, 0.05) is 11.1 Å². The average molecular weight is 324 g/mol. The Kier molecular flexibility index (Phi) is 5.70. The summed E-state index contributed by atoms with van der Waals surface area (Å²) >= 11 is 0. The first-order valence-corrected chi connectivity index (χ1v) is 9.09. The Morgan fingerprint density at radius 1 is 0.560 bits per heavy atom. The van der Waals surface area contributed by atoms with Gasteiger partial charge < -0.3 is 0 Å². The van der Waals surface area contributed by atoms with Crippen LogP contribution in [0.3, 0.4) is 0 Å². The Morgan fingerprint density at radius 3 is 1.48 bits per heavy atom. The van der Waals surface area contributed by atoms with E-state index in [0.29, 0.717) is 0 Å². The molecule has 0 atom stereocenters. The first-order valence-electron chi connectivity index (χ1n) is 9.09. The molecule has 0 unspecified atom stereocenters. The van der Waals surface area contributed by atoms with Gasteiger partial charge in [0.25, 0.3) is 0 Å². The maximum absolute atomic E-state index is 3.25. The molecular formula is C25H24. The fourth-order valence-electron chi connectivity index (χ4n) is 2.87. The standard InChI is InChI=1S/C25H24/c1-3-5-21-12-16-24(17-13-21)25-18-14-23(15-19-25)11-10-22-8-6-20(4-2)7-9-22/h6-9,12-19H,3-5H2,1-2H3. The molecule has 0 heterocycles. The second-order valence-corrected chi connectivity index (χ2v) is 6.32. The summed E-state index contributed by atoms with van der Waals surface area (Å²) in [6, 6.07) is 25.9. The summed E-state index contributed by atoms with van der Waals surface area (Å²) in [5.41, 5.74) is 7.36. The van der Waals surface area contributed by atoms with Crippen molar-refractivity contribution in [1.82, 2.24) is 0 Å². The first-order chi connectivity index (χ1) is 12.3. The van der Waals surface area contributed by atoms with E-state index < -0.39 is 0 Å². The normalized spacial score (nSPS) is 10.2. The van der Waals surface area contributed by atoms with Crippen molar-refractivity contribution in [3.63, 3.8) is 0 Å². The average Bonchev–Trinajstić information content (AvgIpc) is 2.68. The molecule has 0 heteroatoms. The van der Waals surface area contributed by atoms with Crippen LogP contribution in [0.1, 0.15) is 42.5 Å². The zero-order valence-electron chi connectivity index (χ0n) is 15.0. The highest BCUT2D eigenvalue weighted by molar-refractivity contribution is 5.64. The third kappa shape index (κ3) is 4.61. The summed E-state index contributed by atoms with van der Waals surface area (Å²) in [5.74, 6) is 6.50. The topological polar surface area (TPSA) is 0 Å². The van der Waals surface area contributed by atoms with Gasteiger partial charge in [-0.1, -0.05) is 80.6 Å². The number of aryl methyl sites for hydroxylation is 2. The molecule has 0 fully saturated rings. The fourth-order valence-corrected chi connectivity index (χ4v) is 2.87. The SMILES string of the molecule is CCCc1ccc(-c2ccc(C#Cc3ccc(CC)cc3)cc2)cc1. The molecule has 0 saturated carbocycles. The molecule has 0 aromatic heterocycles. The van der Waals surface area contributed by atoms with Crippen LogP contribution in [0.25, 0.3) is 11.1 Å². The van der Waals surface area contributed by atoms with Crippen LogP contribution in [-0.4, -0.2) is 0 Å². The zero-order valence-corrected chi connectivity index (χ0v) is 15.0. The molecule has 0 aliphatic heterocycles. The van der Waals surface area contributed by atoms with Crippen LogP contribution in [0.15, 0.2) is 72.8 Å². The minimum Gasteiger partial charge on any atom is -0.0651 e. The predicted octanol–water partition coefficient (Wildman–Crippen LogP) is 6.27. The van der Waals surface area contributed by atoms with Gasteiger partial charge in [-0.2, -0.15) is 0 Å². The van der Waals surface area contributed by atoms with Crippen molar-refractivity contribution in [2.75, 3.05) is 0 Å². The molecular weight excluding hydrogens is 300 g/mol. The predicted molar refractivity (Wildman–Crippen MR) is 108 cm³/mol. The molecule has 0 aliphatic rings. The molecule has 0 spiro atoms. The van der Waals surface area contributed by atoms with Gasteiger partial charge in [-0.25, -0.2) is 0 Å². The summed E-state index contributed by atoms with van der Waals surface area (Å²) in [5, 5.41) is 0. The minimum absolute atomic E-state index is 1.05. The number of hydrogen-bond donors (Lipinski definition) is 0. The second kappa shape index (κ2) is 8.36. The van der Waals surface area contributed by atoms with Gasteiger partial charge in [0.05, 0.1) is 0 Å². The largest absolute Gasteiger partial charge is 0.0651 e. The molecule has 0 N–H and O–H groups in total. The number of hydrogen-bond acceptors (Lipinski definition) is 0. The molecule has 25 heavy (non-hydrogen) atoms. The monoisotopic (exact) mass is 324 g/mol. The van der Waals surface area contributed by atoms with Crippen molar-refractivity contribution in [3.05, 3.63) is 95.1 Å². The Balaban J connectivity index is 1.72. The molecule has 0 nitrogen and oxygen atoms in total. The van der Waals surface area contributed by atoms with Crippen LogP contribution < -0.4 is 0 Å². The number of rotatable bonds is 4. The molecule has 3 aromatic carbocycles. The summed E-state index contributed by atoms with van der Waals surface area (Å²) in [7, 11) is 0. The quantitative estimate of drug-likeness (QED) is 0.496. The van der Waals surface area contributed by atoms with Gasteiger partial charge in [-0.15, -0.1) is 0 Å². The van der Waals surface area contributed by atoms with E-state index >= 15 is 0 Å². The Hall–Kier alpha value is -2.78. The van der Waals surface area contributed by atoms with Gasteiger partial charge in [0.2, 0.25) is 0 Å². The lowest BCUT2D eigenvalue weighted by atomic mass is 10.0. The highest BCUT2D eigenvalue weighted by Gasteiger charge is 1.98. The van der Waals surface area contributed by atoms with Crippen LogP contribution >= 0.6 is 0 Å². The van der Waals surface area contributed by atoms with Crippen molar-refractivity contribution in [3.8, 4) is 23.0 Å². The summed E-state index contributed by atoms with van der Waals surface area (Å²) < 4.78 is 0. The molecule has 0 amide bonds. The fraction of sp³-hybridized carbons (Fsp3) is 0.200. The maximum Gasteiger partial charge on any atom is 0.0249 e. The zero-order chi connectivity index (χ0) is 17.5. The van der Waals surface area contributed by atoms with E-state index in [9.17, 15) is 0 Å². The van der Waals surface area contributed by atoms with Crippen LogP contribution in [0.4, 0.5) is 0 Å². The molecule has 0 aliphatic carbocycles. The van der Waals surface area contributed by atoms with Crippen LogP contribution in [0.5, 0.6) is 0 Å². The Labute approximate surface area is 151 Å². The first kappa shape index (κ1) is 17.1. The Bertz CT molecular complexity index is 855. The molecule has 0 radical (unpaired) electrons. The lowest BCUT2D eigenvalue weighted by Crippen LogP contribution is -1.84. The van der Waals surface area contributed by atoms with E-state index in [1.165, 1.54) is 28.7 Å². The van der Waals surface area contributed by atoms with Gasteiger partial charge in [0.1, 0.15) is 0 Å². The Morgan fingerprint density at radius 2 is 1.00 bits per heavy atom. The van der Waals surface area contributed by atoms with E-state index in [4.69, 9.17) is 0 Å². The molecule has 3 rings (SSSR count). The van der Waals surface area contributed by atoms with Gasteiger partial charge in [0.15, 0.2) is 0 Å². The maximum atomic E-state index is 3.25. The van der Waals surface area contributed by atoms with E-state index in [1.807, 2.05) is 0 Å². The molecule has 0 saturated heterocycles. The van der Waals surface area contributed by atoms with Gasteiger partial charge in [-0.05, 0) is 59.4 Å². The van der Waals surface area contributed by atoms with Crippen LogP contribution in [-0.2, 0) is 12.8 Å². The lowest BCUT2D eigenvalue weighted by Gasteiger charge is -2.04. The summed E-state index contributed by atoms with van der Waals surface area (Å²) in [4.78, 5) is 0. The van der Waals surface area contributed by atoms with Crippen molar-refractivity contribution < 1.29 is 0 Å². The minimum atomic E-state index is 1.05. The van der Waals surface area contributed by atoms with Crippen molar-refractivity contribution in [2.24, 2.45) is 0 Å². The van der Waals surface area contributed by atoms with Gasteiger partial charge >= 0.3 is 0 Å². The number of benzene rings is 3. The van der Waals surface area contributed by atoms with Crippen LogP contribution in [0, 0.1) is 11.8 Å². The van der Waals surface area contributed by atoms with Crippen LogP contribution in [0.2, 0.25) is 0 Å². The van der Waals surface area contributed by atoms with E-state index in [-0.39, 0.29) is 0 Å². The molecule has 3 aromatic rings. The highest BCUT2D eigenvalue weighted by atomic mass is 14.0. The molecule has 124 valence electrons. The lowest BCUT2D eigenvalue weighted by molar-refractivity contribution is 0.922. The van der Waals surface area contributed by atoms with E-state index in [0.717, 1.165) is 24.0 Å². The molecule has 0 bridgehead atoms. The summed E-state index contributed by atoms with van der Waals surface area (Å²) in [6.07, 6.45) is 3.40. The van der Waals surface area contributed by atoms with E-state index in [2.05, 4.69) is 98.5 Å². The van der Waals surface area contributed by atoms with E-state index in [1.54, 1.807) is 0 Å².